The van der Waals surface area contributed by atoms with Crippen LogP contribution in [0.15, 0.2) is 53.2 Å². The van der Waals surface area contributed by atoms with Gasteiger partial charge in [0.25, 0.3) is 5.91 Å². The first kappa shape index (κ1) is 18.0. The highest BCUT2D eigenvalue weighted by Gasteiger charge is 2.16. The molecule has 2 N–H and O–H groups in total. The standard InChI is InChI=1S/C18H18N2O5/c1-12(25-17(22)10-9-16-4-3-11-24-16)18(23)20-15-7-5-14(6-8-15)19-13(2)21/h3-12H,1-2H3,(H,19,21)(H,20,23)/b10-9+. The lowest BCUT2D eigenvalue weighted by atomic mass is 10.2. The molecule has 2 rings (SSSR count). The lowest BCUT2D eigenvalue weighted by molar-refractivity contribution is -0.148. The number of amides is 2. The van der Waals surface area contributed by atoms with Gasteiger partial charge in [0.2, 0.25) is 5.91 Å². The first-order valence-electron chi connectivity index (χ1n) is 7.55. The number of nitrogens with one attached hydrogen (secondary N) is 2. The van der Waals surface area contributed by atoms with Gasteiger partial charge in [0.05, 0.1) is 6.26 Å². The summed E-state index contributed by atoms with van der Waals surface area (Å²) in [6.45, 7) is 2.88. The Morgan fingerprint density at radius 1 is 1.08 bits per heavy atom. The van der Waals surface area contributed by atoms with Crippen molar-refractivity contribution in [2.24, 2.45) is 0 Å². The smallest absolute Gasteiger partial charge is 0.331 e. The fourth-order valence-corrected chi connectivity index (χ4v) is 1.89. The number of hydrogen-bond donors (Lipinski definition) is 2. The molecule has 1 aromatic heterocycles. The van der Waals surface area contributed by atoms with E-state index < -0.39 is 18.0 Å². The van der Waals surface area contributed by atoms with Crippen LogP contribution in [0.3, 0.4) is 0 Å². The van der Waals surface area contributed by atoms with Crippen molar-refractivity contribution in [1.29, 1.82) is 0 Å². The van der Waals surface area contributed by atoms with Crippen molar-refractivity contribution in [3.05, 3.63) is 54.5 Å². The molecule has 1 atom stereocenters. The van der Waals surface area contributed by atoms with Gasteiger partial charge in [0.1, 0.15) is 5.76 Å². The second-order valence-corrected chi connectivity index (χ2v) is 5.18. The van der Waals surface area contributed by atoms with Crippen LogP contribution in [0.25, 0.3) is 6.08 Å². The third-order valence-corrected chi connectivity index (χ3v) is 3.06. The summed E-state index contributed by atoms with van der Waals surface area (Å²) in [5.41, 5.74) is 1.14. The van der Waals surface area contributed by atoms with Gasteiger partial charge in [0, 0.05) is 24.4 Å². The molecule has 0 saturated heterocycles. The van der Waals surface area contributed by atoms with Crippen molar-refractivity contribution >= 4 is 35.2 Å². The lowest BCUT2D eigenvalue weighted by Gasteiger charge is -2.12. The molecule has 1 heterocycles. The average molecular weight is 342 g/mol. The number of esters is 1. The molecule has 1 unspecified atom stereocenters. The Kier molecular flexibility index (Phi) is 6.11. The molecule has 0 aliphatic rings. The molecule has 7 nitrogen and oxygen atoms in total. The van der Waals surface area contributed by atoms with E-state index in [0.29, 0.717) is 17.1 Å². The molecule has 25 heavy (non-hydrogen) atoms. The molecule has 7 heteroatoms. The molecule has 2 aromatic rings. The molecule has 0 aliphatic heterocycles. The third kappa shape index (κ3) is 5.98. The highest BCUT2D eigenvalue weighted by atomic mass is 16.5. The Labute approximate surface area is 144 Å². The number of carbonyl (C=O) groups excluding carboxylic acids is 3. The predicted molar refractivity (Wildman–Crippen MR) is 92.7 cm³/mol. The summed E-state index contributed by atoms with van der Waals surface area (Å²) >= 11 is 0. The number of rotatable bonds is 6. The fraction of sp³-hybridized carbons (Fsp3) is 0.167. The van der Waals surface area contributed by atoms with Crippen LogP contribution in [-0.2, 0) is 19.1 Å². The van der Waals surface area contributed by atoms with Crippen LogP contribution in [0.4, 0.5) is 11.4 Å². The van der Waals surface area contributed by atoms with E-state index in [2.05, 4.69) is 10.6 Å². The average Bonchev–Trinajstić information content (AvgIpc) is 3.07. The van der Waals surface area contributed by atoms with Gasteiger partial charge < -0.3 is 19.8 Å². The molecule has 0 saturated carbocycles. The van der Waals surface area contributed by atoms with Gasteiger partial charge in [-0.3, -0.25) is 9.59 Å². The van der Waals surface area contributed by atoms with Crippen LogP contribution in [0.1, 0.15) is 19.6 Å². The molecular formula is C18H18N2O5. The minimum Gasteiger partial charge on any atom is -0.465 e. The van der Waals surface area contributed by atoms with Crippen LogP contribution < -0.4 is 10.6 Å². The second kappa shape index (κ2) is 8.49. The van der Waals surface area contributed by atoms with Crippen molar-refractivity contribution in [1.82, 2.24) is 0 Å². The number of benzene rings is 1. The maximum absolute atomic E-state index is 12.0. The number of furan rings is 1. The molecule has 0 aliphatic carbocycles. The molecule has 130 valence electrons. The minimum atomic E-state index is -0.969. The van der Waals surface area contributed by atoms with E-state index in [1.54, 1.807) is 36.4 Å². The van der Waals surface area contributed by atoms with Crippen molar-refractivity contribution in [3.63, 3.8) is 0 Å². The van der Waals surface area contributed by atoms with Gasteiger partial charge in [-0.2, -0.15) is 0 Å². The van der Waals surface area contributed by atoms with Crippen molar-refractivity contribution in [2.75, 3.05) is 10.6 Å². The summed E-state index contributed by atoms with van der Waals surface area (Å²) in [4.78, 5) is 34.7. The number of ether oxygens (including phenoxy) is 1. The SMILES string of the molecule is CC(=O)Nc1ccc(NC(=O)C(C)OC(=O)/C=C/c2ccco2)cc1. The maximum atomic E-state index is 12.0. The molecular weight excluding hydrogens is 324 g/mol. The normalized spacial score (nSPS) is 11.8. The molecule has 0 bridgehead atoms. The summed E-state index contributed by atoms with van der Waals surface area (Å²) in [5.74, 6) is -0.791. The van der Waals surface area contributed by atoms with E-state index in [-0.39, 0.29) is 5.91 Å². The summed E-state index contributed by atoms with van der Waals surface area (Å²) in [6, 6.07) is 9.95. The third-order valence-electron chi connectivity index (χ3n) is 3.06. The summed E-state index contributed by atoms with van der Waals surface area (Å²) in [7, 11) is 0. The van der Waals surface area contributed by atoms with Gasteiger partial charge in [-0.25, -0.2) is 4.79 Å². The van der Waals surface area contributed by atoms with Crippen molar-refractivity contribution in [2.45, 2.75) is 20.0 Å². The number of anilines is 2. The van der Waals surface area contributed by atoms with Crippen molar-refractivity contribution in [3.8, 4) is 0 Å². The summed E-state index contributed by atoms with van der Waals surface area (Å²) in [5, 5.41) is 5.25. The van der Waals surface area contributed by atoms with Gasteiger partial charge in [-0.1, -0.05) is 0 Å². The summed E-state index contributed by atoms with van der Waals surface area (Å²) in [6.07, 6.45) is 3.15. The van der Waals surface area contributed by atoms with Crippen molar-refractivity contribution < 1.29 is 23.5 Å². The van der Waals surface area contributed by atoms with E-state index >= 15 is 0 Å². The van der Waals surface area contributed by atoms with Gasteiger partial charge >= 0.3 is 5.97 Å². The minimum absolute atomic E-state index is 0.181. The molecule has 0 fully saturated rings. The monoisotopic (exact) mass is 342 g/mol. The molecule has 0 radical (unpaired) electrons. The zero-order valence-corrected chi connectivity index (χ0v) is 13.8. The Bertz CT molecular complexity index is 763. The summed E-state index contributed by atoms with van der Waals surface area (Å²) < 4.78 is 10.1. The highest BCUT2D eigenvalue weighted by Crippen LogP contribution is 2.14. The van der Waals surface area contributed by atoms with Gasteiger partial charge in [-0.15, -0.1) is 0 Å². The van der Waals surface area contributed by atoms with Crippen LogP contribution in [-0.4, -0.2) is 23.9 Å². The van der Waals surface area contributed by atoms with Crippen LogP contribution in [0.5, 0.6) is 0 Å². The first-order valence-corrected chi connectivity index (χ1v) is 7.55. The maximum Gasteiger partial charge on any atom is 0.331 e. The zero-order valence-electron chi connectivity index (χ0n) is 13.8. The Morgan fingerprint density at radius 2 is 1.72 bits per heavy atom. The molecule has 1 aromatic carbocycles. The van der Waals surface area contributed by atoms with Crippen LogP contribution >= 0.6 is 0 Å². The lowest BCUT2D eigenvalue weighted by Crippen LogP contribution is -2.29. The highest BCUT2D eigenvalue weighted by molar-refractivity contribution is 5.97. The molecule has 0 spiro atoms. The van der Waals surface area contributed by atoms with Crippen LogP contribution in [0.2, 0.25) is 0 Å². The predicted octanol–water partition coefficient (Wildman–Crippen LogP) is 2.82. The Morgan fingerprint density at radius 3 is 2.28 bits per heavy atom. The topological polar surface area (TPSA) is 97.6 Å². The molecule has 2 amide bonds. The number of carbonyl (C=O) groups is 3. The van der Waals surface area contributed by atoms with E-state index in [4.69, 9.17) is 9.15 Å². The Hall–Kier alpha value is -3.35. The van der Waals surface area contributed by atoms with E-state index in [1.807, 2.05) is 0 Å². The second-order valence-electron chi connectivity index (χ2n) is 5.18. The van der Waals surface area contributed by atoms with Crippen LogP contribution in [0, 0.1) is 0 Å². The van der Waals surface area contributed by atoms with E-state index in [9.17, 15) is 14.4 Å². The largest absolute Gasteiger partial charge is 0.465 e. The van der Waals surface area contributed by atoms with Gasteiger partial charge in [0.15, 0.2) is 6.10 Å². The number of hydrogen-bond acceptors (Lipinski definition) is 5. The van der Waals surface area contributed by atoms with Gasteiger partial charge in [-0.05, 0) is 49.4 Å². The van der Waals surface area contributed by atoms with E-state index in [0.717, 1.165) is 0 Å². The van der Waals surface area contributed by atoms with E-state index in [1.165, 1.54) is 32.3 Å². The zero-order chi connectivity index (χ0) is 18.2. The quantitative estimate of drug-likeness (QED) is 0.621. The first-order chi connectivity index (χ1) is 11.9. The fourth-order valence-electron chi connectivity index (χ4n) is 1.89. The Balaban J connectivity index is 1.85.